The summed E-state index contributed by atoms with van der Waals surface area (Å²) in [6, 6.07) is 3.78. The van der Waals surface area contributed by atoms with Crippen LogP contribution in [0.25, 0.3) is 0 Å². The van der Waals surface area contributed by atoms with Crippen LogP contribution in [0.2, 0.25) is 0 Å². The number of aryl methyl sites for hydroxylation is 1. The molecular weight excluding hydrogens is 292 g/mol. The van der Waals surface area contributed by atoms with E-state index < -0.39 is 0 Å². The molecule has 1 amide bonds. The maximum Gasteiger partial charge on any atom is 0.289 e. The summed E-state index contributed by atoms with van der Waals surface area (Å²) in [4.78, 5) is 25.6. The van der Waals surface area contributed by atoms with Crippen molar-refractivity contribution in [2.24, 2.45) is 5.92 Å². The number of anilines is 1. The Bertz CT molecular complexity index is 683. The van der Waals surface area contributed by atoms with Gasteiger partial charge in [-0.2, -0.15) is 0 Å². The second kappa shape index (κ2) is 5.68. The first-order valence-corrected chi connectivity index (χ1v) is 8.10. The van der Waals surface area contributed by atoms with Crippen LogP contribution >= 0.6 is 0 Å². The molecule has 4 heterocycles. The molecular formula is C17H20N4O2. The Morgan fingerprint density at radius 1 is 1.30 bits per heavy atom. The third kappa shape index (κ3) is 2.58. The predicted octanol–water partition coefficient (Wildman–Crippen LogP) is 2.12. The number of hydrogen-bond acceptors (Lipinski definition) is 5. The molecule has 0 N–H and O–H groups in total. The van der Waals surface area contributed by atoms with E-state index in [1.165, 1.54) is 0 Å². The van der Waals surface area contributed by atoms with Crippen molar-refractivity contribution >= 4 is 11.9 Å². The summed E-state index contributed by atoms with van der Waals surface area (Å²) in [5, 5.41) is 0. The molecule has 6 nitrogen and oxygen atoms in total. The third-order valence-electron chi connectivity index (χ3n) is 4.82. The molecule has 2 aromatic rings. The average Bonchev–Trinajstić information content (AvgIpc) is 3.24. The molecule has 0 spiro atoms. The maximum atomic E-state index is 12.5. The number of fused-ring (bicyclic) bond motifs is 1. The molecule has 6 heteroatoms. The van der Waals surface area contributed by atoms with Gasteiger partial charge in [-0.15, -0.1) is 0 Å². The highest BCUT2D eigenvalue weighted by Gasteiger charge is 2.42. The molecule has 2 aliphatic rings. The van der Waals surface area contributed by atoms with Crippen LogP contribution in [0.5, 0.6) is 0 Å². The van der Waals surface area contributed by atoms with E-state index >= 15 is 0 Å². The molecule has 2 saturated heterocycles. The zero-order chi connectivity index (χ0) is 15.8. The van der Waals surface area contributed by atoms with Crippen LogP contribution < -0.4 is 4.90 Å². The van der Waals surface area contributed by atoms with Crippen molar-refractivity contribution in [1.82, 2.24) is 14.9 Å². The third-order valence-corrected chi connectivity index (χ3v) is 4.82. The van der Waals surface area contributed by atoms with Gasteiger partial charge in [0.25, 0.3) is 5.91 Å². The largest absolute Gasteiger partial charge is 0.459 e. The molecule has 0 bridgehead atoms. The van der Waals surface area contributed by atoms with E-state index in [0.717, 1.165) is 37.4 Å². The number of hydrogen-bond donors (Lipinski definition) is 0. The molecule has 0 saturated carbocycles. The van der Waals surface area contributed by atoms with E-state index in [-0.39, 0.29) is 5.91 Å². The summed E-state index contributed by atoms with van der Waals surface area (Å²) in [5.74, 6) is 1.65. The predicted molar refractivity (Wildman–Crippen MR) is 85.2 cm³/mol. The first kappa shape index (κ1) is 14.2. The molecule has 2 aliphatic heterocycles. The summed E-state index contributed by atoms with van der Waals surface area (Å²) < 4.78 is 5.26. The molecule has 0 unspecified atom stereocenters. The fraction of sp³-hybridized carbons (Fsp3) is 0.471. The lowest BCUT2D eigenvalue weighted by molar-refractivity contribution is 0.0754. The van der Waals surface area contributed by atoms with E-state index in [0.29, 0.717) is 24.3 Å². The van der Waals surface area contributed by atoms with Gasteiger partial charge in [0.1, 0.15) is 0 Å². The van der Waals surface area contributed by atoms with Crippen LogP contribution in [0.1, 0.15) is 29.0 Å². The van der Waals surface area contributed by atoms with Gasteiger partial charge in [-0.1, -0.05) is 0 Å². The molecule has 23 heavy (non-hydrogen) atoms. The van der Waals surface area contributed by atoms with Crippen molar-refractivity contribution in [3.8, 4) is 0 Å². The van der Waals surface area contributed by atoms with Gasteiger partial charge in [-0.3, -0.25) is 4.79 Å². The highest BCUT2D eigenvalue weighted by molar-refractivity contribution is 5.91. The number of furan rings is 1. The van der Waals surface area contributed by atoms with E-state index in [1.807, 2.05) is 24.2 Å². The number of carbonyl (C=O) groups is 1. The number of likely N-dealkylation sites (tertiary alicyclic amines) is 1. The highest BCUT2D eigenvalue weighted by Crippen LogP contribution is 2.33. The minimum atomic E-state index is -0.0193. The molecule has 4 rings (SSSR count). The summed E-state index contributed by atoms with van der Waals surface area (Å²) in [6.45, 7) is 4.43. The van der Waals surface area contributed by atoms with E-state index in [2.05, 4.69) is 14.9 Å². The van der Waals surface area contributed by atoms with E-state index in [4.69, 9.17) is 4.42 Å². The normalized spacial score (nSPS) is 23.9. The van der Waals surface area contributed by atoms with Gasteiger partial charge in [-0.25, -0.2) is 9.97 Å². The van der Waals surface area contributed by atoms with E-state index in [1.54, 1.807) is 18.4 Å². The van der Waals surface area contributed by atoms with Crippen LogP contribution in [-0.4, -0.2) is 46.5 Å². The van der Waals surface area contributed by atoms with Crippen LogP contribution in [0.3, 0.4) is 0 Å². The zero-order valence-corrected chi connectivity index (χ0v) is 13.2. The molecule has 2 aromatic heterocycles. The first-order valence-electron chi connectivity index (χ1n) is 8.10. The summed E-state index contributed by atoms with van der Waals surface area (Å²) in [6.07, 6.45) is 7.51. The summed E-state index contributed by atoms with van der Waals surface area (Å²) in [5.41, 5.74) is 1.06. The lowest BCUT2D eigenvalue weighted by Gasteiger charge is -2.36. The van der Waals surface area contributed by atoms with Crippen LogP contribution in [0.15, 0.2) is 35.2 Å². The number of carbonyl (C=O) groups excluding carboxylic acids is 1. The number of amides is 1. The van der Waals surface area contributed by atoms with Crippen molar-refractivity contribution in [1.29, 1.82) is 0 Å². The Balaban J connectivity index is 1.54. The number of piperidine rings is 1. The van der Waals surface area contributed by atoms with Crippen LogP contribution in [0.4, 0.5) is 5.95 Å². The monoisotopic (exact) mass is 312 g/mol. The van der Waals surface area contributed by atoms with Gasteiger partial charge in [-0.05, 0) is 43.4 Å². The van der Waals surface area contributed by atoms with Crippen molar-refractivity contribution < 1.29 is 9.21 Å². The molecule has 2 atom stereocenters. The van der Waals surface area contributed by atoms with Gasteiger partial charge in [0.15, 0.2) is 5.76 Å². The summed E-state index contributed by atoms with van der Waals surface area (Å²) in [7, 11) is 0. The van der Waals surface area contributed by atoms with Gasteiger partial charge in [0, 0.05) is 32.0 Å². The second-order valence-corrected chi connectivity index (χ2v) is 6.41. The van der Waals surface area contributed by atoms with Crippen molar-refractivity contribution in [3.05, 3.63) is 42.1 Å². The number of nitrogens with zero attached hydrogens (tertiary/aromatic N) is 4. The standard InChI is InChI=1S/C17H20N4O2/c1-12-8-18-17(19-9-12)21-6-2-4-13-10-20(11-14(13)21)16(22)15-5-3-7-23-15/h3,5,7-9,13-14H,2,4,6,10-11H2,1H3/t13-,14+/m1/s1. The van der Waals surface area contributed by atoms with Gasteiger partial charge in [0.05, 0.1) is 12.3 Å². The van der Waals surface area contributed by atoms with Gasteiger partial charge >= 0.3 is 0 Å². The average molecular weight is 312 g/mol. The molecule has 0 aliphatic carbocycles. The van der Waals surface area contributed by atoms with Crippen molar-refractivity contribution in [2.75, 3.05) is 24.5 Å². The summed E-state index contributed by atoms with van der Waals surface area (Å²) >= 11 is 0. The molecule has 0 aromatic carbocycles. The van der Waals surface area contributed by atoms with Crippen molar-refractivity contribution in [2.45, 2.75) is 25.8 Å². The lowest BCUT2D eigenvalue weighted by atomic mass is 9.92. The Labute approximate surface area is 135 Å². The molecule has 120 valence electrons. The fourth-order valence-corrected chi connectivity index (χ4v) is 3.68. The Morgan fingerprint density at radius 2 is 2.13 bits per heavy atom. The van der Waals surface area contributed by atoms with Crippen molar-refractivity contribution in [3.63, 3.8) is 0 Å². The Hall–Kier alpha value is -2.37. The first-order chi connectivity index (χ1) is 11.2. The fourth-order valence-electron chi connectivity index (χ4n) is 3.68. The van der Waals surface area contributed by atoms with Gasteiger partial charge in [0.2, 0.25) is 5.95 Å². The highest BCUT2D eigenvalue weighted by atomic mass is 16.3. The quantitative estimate of drug-likeness (QED) is 0.850. The van der Waals surface area contributed by atoms with Gasteiger partial charge < -0.3 is 14.2 Å². The minimum Gasteiger partial charge on any atom is -0.459 e. The Morgan fingerprint density at radius 3 is 2.87 bits per heavy atom. The van der Waals surface area contributed by atoms with Crippen LogP contribution in [-0.2, 0) is 0 Å². The number of rotatable bonds is 2. The Kier molecular flexibility index (Phi) is 3.52. The minimum absolute atomic E-state index is 0.0193. The molecule has 0 radical (unpaired) electrons. The lowest BCUT2D eigenvalue weighted by Crippen LogP contribution is -2.46. The zero-order valence-electron chi connectivity index (χ0n) is 13.2. The smallest absolute Gasteiger partial charge is 0.289 e. The maximum absolute atomic E-state index is 12.5. The molecule has 2 fully saturated rings. The van der Waals surface area contributed by atoms with Crippen LogP contribution in [0, 0.1) is 12.8 Å². The topological polar surface area (TPSA) is 62.5 Å². The van der Waals surface area contributed by atoms with E-state index in [9.17, 15) is 4.79 Å². The SMILES string of the molecule is Cc1cnc(N2CCC[C@@H]3CN(C(=O)c4ccco4)C[C@@H]32)nc1. The number of aromatic nitrogens is 2. The second-order valence-electron chi connectivity index (χ2n) is 6.41.